The first-order valence-electron chi connectivity index (χ1n) is 3.99. The molecule has 0 atom stereocenters. The number of rotatable bonds is 4. The van der Waals surface area contributed by atoms with Crippen molar-refractivity contribution in [3.63, 3.8) is 0 Å². The monoisotopic (exact) mass is 151 g/mol. The van der Waals surface area contributed by atoms with Crippen LogP contribution in [0.2, 0.25) is 0 Å². The second kappa shape index (κ2) is 4.18. The van der Waals surface area contributed by atoms with E-state index in [1.165, 1.54) is 5.57 Å². The molecule has 0 aliphatic heterocycles. The van der Waals surface area contributed by atoms with Crippen LogP contribution in [-0.2, 0) is 0 Å². The van der Waals surface area contributed by atoms with Crippen molar-refractivity contribution >= 4 is 0 Å². The van der Waals surface area contributed by atoms with E-state index in [1.807, 2.05) is 6.92 Å². The quantitative estimate of drug-likeness (QED) is 0.566. The van der Waals surface area contributed by atoms with Gasteiger partial charge in [0, 0.05) is 6.42 Å². The third-order valence-corrected chi connectivity index (χ3v) is 1.69. The number of nitrogens with zero attached hydrogens (tertiary/aromatic N) is 1. The molecule has 0 aliphatic carbocycles. The topological polar surface area (TPSA) is 23.8 Å². The maximum atomic E-state index is 8.39. The van der Waals surface area contributed by atoms with Crippen LogP contribution in [0.3, 0.4) is 0 Å². The van der Waals surface area contributed by atoms with Crippen molar-refractivity contribution in [2.24, 2.45) is 5.41 Å². The Morgan fingerprint density at radius 2 is 2.09 bits per heavy atom. The molecule has 0 aromatic heterocycles. The summed E-state index contributed by atoms with van der Waals surface area (Å²) in [6.07, 6.45) is 2.64. The van der Waals surface area contributed by atoms with Gasteiger partial charge >= 0.3 is 0 Å². The van der Waals surface area contributed by atoms with Crippen molar-refractivity contribution in [3.05, 3.63) is 12.2 Å². The molecular weight excluding hydrogens is 134 g/mol. The zero-order valence-corrected chi connectivity index (χ0v) is 7.78. The van der Waals surface area contributed by atoms with Crippen LogP contribution < -0.4 is 0 Å². The first-order chi connectivity index (χ1) is 4.98. The van der Waals surface area contributed by atoms with Crippen molar-refractivity contribution in [1.29, 1.82) is 5.26 Å². The molecule has 0 saturated carbocycles. The highest BCUT2D eigenvalue weighted by Crippen LogP contribution is 2.29. The van der Waals surface area contributed by atoms with E-state index in [0.717, 1.165) is 12.8 Å². The first kappa shape index (κ1) is 10.2. The van der Waals surface area contributed by atoms with Crippen LogP contribution in [0.4, 0.5) is 0 Å². The molecule has 0 radical (unpaired) electrons. The second-order valence-electron chi connectivity index (χ2n) is 3.96. The molecule has 1 heteroatoms. The fourth-order valence-electron chi connectivity index (χ4n) is 1.30. The molecule has 11 heavy (non-hydrogen) atoms. The Balaban J connectivity index is 3.81. The van der Waals surface area contributed by atoms with Crippen LogP contribution in [0.1, 0.15) is 40.0 Å². The van der Waals surface area contributed by atoms with Gasteiger partial charge in [0.2, 0.25) is 0 Å². The lowest BCUT2D eigenvalue weighted by Crippen LogP contribution is -2.10. The number of hydrogen-bond acceptors (Lipinski definition) is 1. The van der Waals surface area contributed by atoms with Crippen molar-refractivity contribution in [1.82, 2.24) is 0 Å². The van der Waals surface area contributed by atoms with Gasteiger partial charge in [-0.3, -0.25) is 0 Å². The van der Waals surface area contributed by atoms with E-state index in [0.29, 0.717) is 6.42 Å². The lowest BCUT2D eigenvalue weighted by atomic mass is 9.82. The maximum Gasteiger partial charge on any atom is 0.0621 e. The molecule has 0 rings (SSSR count). The van der Waals surface area contributed by atoms with Gasteiger partial charge in [-0.2, -0.15) is 5.26 Å². The molecule has 0 unspecified atom stereocenters. The molecule has 0 amide bonds. The van der Waals surface area contributed by atoms with Gasteiger partial charge in [-0.25, -0.2) is 0 Å². The molecule has 0 aliphatic rings. The Kier molecular flexibility index (Phi) is 3.89. The normalized spacial score (nSPS) is 10.7. The van der Waals surface area contributed by atoms with Crippen LogP contribution in [0.5, 0.6) is 0 Å². The average Bonchev–Trinajstić information content (AvgIpc) is 1.81. The Hall–Kier alpha value is -0.770. The lowest BCUT2D eigenvalue weighted by molar-refractivity contribution is 0.336. The smallest absolute Gasteiger partial charge is 0.0621 e. The van der Waals surface area contributed by atoms with Crippen LogP contribution in [0.15, 0.2) is 12.2 Å². The molecule has 0 aromatic carbocycles. The average molecular weight is 151 g/mol. The third kappa shape index (κ3) is 5.66. The minimum atomic E-state index is 0.252. The van der Waals surface area contributed by atoms with E-state index in [2.05, 4.69) is 26.5 Å². The zero-order valence-electron chi connectivity index (χ0n) is 7.78. The molecule has 0 spiro atoms. The van der Waals surface area contributed by atoms with E-state index < -0.39 is 0 Å². The van der Waals surface area contributed by atoms with Gasteiger partial charge in [-0.05, 0) is 25.2 Å². The number of allylic oxidation sites excluding steroid dienone is 1. The SMILES string of the molecule is C=C(C)CC(C)(C)CCC#N. The molecule has 1 nitrogen and oxygen atoms in total. The highest BCUT2D eigenvalue weighted by Gasteiger charge is 2.16. The standard InChI is InChI=1S/C10H17N/c1-9(2)8-10(3,4)6-5-7-11/h1,5-6,8H2,2-4H3. The van der Waals surface area contributed by atoms with Gasteiger partial charge < -0.3 is 0 Å². The van der Waals surface area contributed by atoms with Crippen LogP contribution >= 0.6 is 0 Å². The van der Waals surface area contributed by atoms with Crippen LogP contribution in [-0.4, -0.2) is 0 Å². The molecule has 0 aromatic rings. The van der Waals surface area contributed by atoms with Crippen LogP contribution in [0.25, 0.3) is 0 Å². The molecule has 0 fully saturated rings. The highest BCUT2D eigenvalue weighted by molar-refractivity contribution is 4.94. The predicted octanol–water partition coefficient (Wildman–Crippen LogP) is 3.28. The molecule has 0 heterocycles. The van der Waals surface area contributed by atoms with Gasteiger partial charge in [0.1, 0.15) is 0 Å². The van der Waals surface area contributed by atoms with Gasteiger partial charge in [0.25, 0.3) is 0 Å². The minimum Gasteiger partial charge on any atom is -0.198 e. The Labute approximate surface area is 69.7 Å². The fraction of sp³-hybridized carbons (Fsp3) is 0.700. The summed E-state index contributed by atoms with van der Waals surface area (Å²) in [6, 6.07) is 2.17. The van der Waals surface area contributed by atoms with Gasteiger partial charge in [-0.1, -0.05) is 19.4 Å². The maximum absolute atomic E-state index is 8.39. The van der Waals surface area contributed by atoms with E-state index in [4.69, 9.17) is 5.26 Å². The largest absolute Gasteiger partial charge is 0.198 e. The molecule has 0 bridgehead atoms. The summed E-state index contributed by atoms with van der Waals surface area (Å²) in [5.74, 6) is 0. The third-order valence-electron chi connectivity index (χ3n) is 1.69. The zero-order chi connectivity index (χ0) is 8.91. The van der Waals surface area contributed by atoms with Crippen LogP contribution in [0, 0.1) is 16.7 Å². The summed E-state index contributed by atoms with van der Waals surface area (Å²) in [4.78, 5) is 0. The summed E-state index contributed by atoms with van der Waals surface area (Å²) in [7, 11) is 0. The molecular formula is C10H17N. The second-order valence-corrected chi connectivity index (χ2v) is 3.96. The van der Waals surface area contributed by atoms with Gasteiger partial charge in [-0.15, -0.1) is 6.58 Å². The molecule has 62 valence electrons. The van der Waals surface area contributed by atoms with Crippen molar-refractivity contribution in [2.45, 2.75) is 40.0 Å². The van der Waals surface area contributed by atoms with E-state index >= 15 is 0 Å². The van der Waals surface area contributed by atoms with Crippen molar-refractivity contribution < 1.29 is 0 Å². The Morgan fingerprint density at radius 1 is 1.55 bits per heavy atom. The minimum absolute atomic E-state index is 0.252. The first-order valence-corrected chi connectivity index (χ1v) is 3.99. The van der Waals surface area contributed by atoms with Crippen molar-refractivity contribution in [2.75, 3.05) is 0 Å². The number of nitriles is 1. The highest BCUT2D eigenvalue weighted by atomic mass is 14.3. The summed E-state index contributed by atoms with van der Waals surface area (Å²) in [6.45, 7) is 10.3. The van der Waals surface area contributed by atoms with Gasteiger partial charge in [0.05, 0.1) is 6.07 Å². The fourth-order valence-corrected chi connectivity index (χ4v) is 1.30. The lowest BCUT2D eigenvalue weighted by Gasteiger charge is -2.23. The summed E-state index contributed by atoms with van der Waals surface area (Å²) in [5, 5.41) is 8.39. The summed E-state index contributed by atoms with van der Waals surface area (Å²) in [5.41, 5.74) is 1.45. The summed E-state index contributed by atoms with van der Waals surface area (Å²) >= 11 is 0. The van der Waals surface area contributed by atoms with Gasteiger partial charge in [0.15, 0.2) is 0 Å². The Morgan fingerprint density at radius 3 is 2.45 bits per heavy atom. The predicted molar refractivity (Wildman–Crippen MR) is 48.1 cm³/mol. The molecule has 0 saturated heterocycles. The Bertz CT molecular complexity index is 172. The van der Waals surface area contributed by atoms with E-state index in [-0.39, 0.29) is 5.41 Å². The summed E-state index contributed by atoms with van der Waals surface area (Å²) < 4.78 is 0. The molecule has 0 N–H and O–H groups in total. The van der Waals surface area contributed by atoms with E-state index in [9.17, 15) is 0 Å². The van der Waals surface area contributed by atoms with Crippen molar-refractivity contribution in [3.8, 4) is 6.07 Å². The van der Waals surface area contributed by atoms with E-state index in [1.54, 1.807) is 0 Å². The number of hydrogen-bond donors (Lipinski definition) is 0.